The Morgan fingerprint density at radius 1 is 1.41 bits per heavy atom. The lowest BCUT2D eigenvalue weighted by atomic mass is 10.1. The molecular formula is C13H12ClNO2. The molecule has 0 aliphatic heterocycles. The Hall–Kier alpha value is -1.79. The first-order valence-electron chi connectivity index (χ1n) is 5.14. The minimum Gasteiger partial charge on any atom is -0.462 e. The van der Waals surface area contributed by atoms with Gasteiger partial charge in [0, 0.05) is 0 Å². The summed E-state index contributed by atoms with van der Waals surface area (Å²) in [6.45, 7) is 3.83. The Bertz CT molecular complexity index is 483. The molecule has 1 aromatic rings. The van der Waals surface area contributed by atoms with Crippen LogP contribution < -0.4 is 0 Å². The minimum absolute atomic E-state index is 0.117. The van der Waals surface area contributed by atoms with E-state index in [2.05, 4.69) is 0 Å². The number of benzene rings is 1. The van der Waals surface area contributed by atoms with Crippen LogP contribution in [0.4, 0.5) is 0 Å². The molecule has 1 rings (SSSR count). The second-order valence-corrected chi connectivity index (χ2v) is 3.77. The molecule has 0 saturated carbocycles. The summed E-state index contributed by atoms with van der Waals surface area (Å²) < 4.78 is 4.76. The summed E-state index contributed by atoms with van der Waals surface area (Å²) in [5, 5.41) is 9.03. The second-order valence-electron chi connectivity index (χ2n) is 3.39. The average molecular weight is 250 g/mol. The molecule has 0 spiro atoms. The van der Waals surface area contributed by atoms with E-state index in [9.17, 15) is 4.79 Å². The van der Waals surface area contributed by atoms with Gasteiger partial charge in [0.25, 0.3) is 0 Å². The van der Waals surface area contributed by atoms with Gasteiger partial charge in [0.2, 0.25) is 0 Å². The largest absolute Gasteiger partial charge is 0.462 e. The number of carbonyl (C=O) groups is 1. The highest BCUT2D eigenvalue weighted by molar-refractivity contribution is 6.51. The Kier molecular flexibility index (Phi) is 4.74. The van der Waals surface area contributed by atoms with Crippen molar-refractivity contribution in [2.45, 2.75) is 13.8 Å². The number of nitrogens with zero attached hydrogens (tertiary/aromatic N) is 1. The molecule has 17 heavy (non-hydrogen) atoms. The Morgan fingerprint density at radius 3 is 2.47 bits per heavy atom. The van der Waals surface area contributed by atoms with Gasteiger partial charge in [-0.05, 0) is 19.4 Å². The van der Waals surface area contributed by atoms with Crippen LogP contribution in [-0.4, -0.2) is 12.6 Å². The molecule has 0 fully saturated rings. The normalized spacial score (nSPS) is 11.4. The molecule has 0 aromatic heterocycles. The lowest BCUT2D eigenvalue weighted by Crippen LogP contribution is -2.07. The molecule has 0 aliphatic rings. The zero-order valence-corrected chi connectivity index (χ0v) is 10.4. The van der Waals surface area contributed by atoms with E-state index in [4.69, 9.17) is 21.6 Å². The predicted octanol–water partition coefficient (Wildman–Crippen LogP) is 3.03. The molecule has 0 saturated heterocycles. The molecule has 0 aliphatic carbocycles. The van der Waals surface area contributed by atoms with Gasteiger partial charge in [0.15, 0.2) is 5.57 Å². The number of hydrogen-bond acceptors (Lipinski definition) is 3. The van der Waals surface area contributed by atoms with Gasteiger partial charge < -0.3 is 4.74 Å². The molecule has 0 amide bonds. The van der Waals surface area contributed by atoms with Crippen molar-refractivity contribution in [1.29, 1.82) is 5.26 Å². The van der Waals surface area contributed by atoms with Gasteiger partial charge in [-0.1, -0.05) is 41.4 Å². The van der Waals surface area contributed by atoms with E-state index in [0.29, 0.717) is 5.56 Å². The van der Waals surface area contributed by atoms with E-state index >= 15 is 0 Å². The molecule has 4 heteroatoms. The van der Waals surface area contributed by atoms with Crippen molar-refractivity contribution in [3.05, 3.63) is 41.0 Å². The Morgan fingerprint density at radius 2 is 2.00 bits per heavy atom. The van der Waals surface area contributed by atoms with Crippen molar-refractivity contribution < 1.29 is 9.53 Å². The van der Waals surface area contributed by atoms with Crippen molar-refractivity contribution >= 4 is 22.6 Å². The van der Waals surface area contributed by atoms with Crippen LogP contribution >= 0.6 is 11.6 Å². The molecule has 88 valence electrons. The van der Waals surface area contributed by atoms with E-state index < -0.39 is 5.97 Å². The van der Waals surface area contributed by atoms with Gasteiger partial charge in [0.05, 0.1) is 11.6 Å². The van der Waals surface area contributed by atoms with Gasteiger partial charge in [-0.25, -0.2) is 4.79 Å². The zero-order chi connectivity index (χ0) is 12.8. The lowest BCUT2D eigenvalue weighted by molar-refractivity contribution is -0.137. The Balaban J connectivity index is 3.13. The third kappa shape index (κ3) is 3.33. The van der Waals surface area contributed by atoms with E-state index in [1.54, 1.807) is 25.1 Å². The molecule has 0 radical (unpaired) electrons. The Labute approximate surface area is 105 Å². The number of carbonyl (C=O) groups excluding carboxylic acids is 1. The first-order chi connectivity index (χ1) is 8.10. The fraction of sp³-hybridized carbons (Fsp3) is 0.231. The standard InChI is InChI=1S/C13H12ClNO2/c1-3-17-13(16)11(8-15)12(14)10-6-4-9(2)5-7-10/h4-7H,3H2,1-2H3/b12-11+. The molecular weight excluding hydrogens is 238 g/mol. The molecule has 3 nitrogen and oxygen atoms in total. The summed E-state index contributed by atoms with van der Waals surface area (Å²) in [7, 11) is 0. The van der Waals surface area contributed by atoms with Gasteiger partial charge in [0.1, 0.15) is 6.07 Å². The predicted molar refractivity (Wildman–Crippen MR) is 66.2 cm³/mol. The second kappa shape index (κ2) is 6.07. The molecule has 0 N–H and O–H groups in total. The van der Waals surface area contributed by atoms with Crippen molar-refractivity contribution in [1.82, 2.24) is 0 Å². The fourth-order valence-electron chi connectivity index (χ4n) is 1.23. The highest BCUT2D eigenvalue weighted by Crippen LogP contribution is 2.23. The molecule has 0 atom stereocenters. The van der Waals surface area contributed by atoms with Crippen LogP contribution in [0.25, 0.3) is 5.03 Å². The number of ether oxygens (including phenoxy) is 1. The lowest BCUT2D eigenvalue weighted by Gasteiger charge is -2.04. The van der Waals surface area contributed by atoms with Crippen LogP contribution in [0.1, 0.15) is 18.1 Å². The molecule has 0 unspecified atom stereocenters. The summed E-state index contributed by atoms with van der Waals surface area (Å²) in [5.74, 6) is -0.694. The molecule has 0 heterocycles. The van der Waals surface area contributed by atoms with Gasteiger partial charge in [-0.2, -0.15) is 5.26 Å². The van der Waals surface area contributed by atoms with E-state index in [0.717, 1.165) is 5.56 Å². The maximum absolute atomic E-state index is 11.5. The first kappa shape index (κ1) is 13.3. The van der Waals surface area contributed by atoms with Crippen LogP contribution in [0.15, 0.2) is 29.8 Å². The van der Waals surface area contributed by atoms with E-state index in [-0.39, 0.29) is 17.2 Å². The molecule has 0 bridgehead atoms. The summed E-state index contributed by atoms with van der Waals surface area (Å²) in [6, 6.07) is 9.01. The quantitative estimate of drug-likeness (QED) is 0.470. The maximum Gasteiger partial charge on any atom is 0.350 e. The van der Waals surface area contributed by atoms with Gasteiger partial charge >= 0.3 is 5.97 Å². The highest BCUT2D eigenvalue weighted by atomic mass is 35.5. The summed E-state index contributed by atoms with van der Waals surface area (Å²) in [4.78, 5) is 11.5. The third-order valence-electron chi connectivity index (χ3n) is 2.12. The third-order valence-corrected chi connectivity index (χ3v) is 2.52. The number of rotatable bonds is 3. The number of halogens is 1. The number of hydrogen-bond donors (Lipinski definition) is 0. The number of esters is 1. The minimum atomic E-state index is -0.694. The number of nitriles is 1. The summed E-state index contributed by atoms with van der Waals surface area (Å²) >= 11 is 6.01. The smallest absolute Gasteiger partial charge is 0.350 e. The van der Waals surface area contributed by atoms with Crippen molar-refractivity contribution in [3.63, 3.8) is 0 Å². The topological polar surface area (TPSA) is 50.1 Å². The SMILES string of the molecule is CCOC(=O)/C(C#N)=C(/Cl)c1ccc(C)cc1. The van der Waals surface area contributed by atoms with Gasteiger partial charge in [-0.3, -0.25) is 0 Å². The summed E-state index contributed by atoms with van der Waals surface area (Å²) in [6.07, 6.45) is 0. The van der Waals surface area contributed by atoms with Crippen molar-refractivity contribution in [2.24, 2.45) is 0 Å². The van der Waals surface area contributed by atoms with Crippen LogP contribution in [0.5, 0.6) is 0 Å². The highest BCUT2D eigenvalue weighted by Gasteiger charge is 2.16. The molecule has 1 aromatic carbocycles. The van der Waals surface area contributed by atoms with Crippen molar-refractivity contribution in [2.75, 3.05) is 6.61 Å². The fourth-order valence-corrected chi connectivity index (χ4v) is 1.48. The average Bonchev–Trinajstić information content (AvgIpc) is 2.31. The summed E-state index contributed by atoms with van der Waals surface area (Å²) in [5.41, 5.74) is 1.53. The van der Waals surface area contributed by atoms with Crippen LogP contribution in [-0.2, 0) is 9.53 Å². The van der Waals surface area contributed by atoms with Crippen molar-refractivity contribution in [3.8, 4) is 6.07 Å². The van der Waals surface area contributed by atoms with E-state index in [1.165, 1.54) is 0 Å². The zero-order valence-electron chi connectivity index (χ0n) is 9.66. The van der Waals surface area contributed by atoms with Crippen LogP contribution in [0.3, 0.4) is 0 Å². The van der Waals surface area contributed by atoms with Crippen LogP contribution in [0.2, 0.25) is 0 Å². The van der Waals surface area contributed by atoms with Gasteiger partial charge in [-0.15, -0.1) is 0 Å². The monoisotopic (exact) mass is 249 g/mol. The van der Waals surface area contributed by atoms with E-state index in [1.807, 2.05) is 19.1 Å². The van der Waals surface area contributed by atoms with Crippen LogP contribution in [0, 0.1) is 18.3 Å². The first-order valence-corrected chi connectivity index (χ1v) is 5.52. The number of aryl methyl sites for hydroxylation is 1. The maximum atomic E-state index is 11.5.